The van der Waals surface area contributed by atoms with Gasteiger partial charge in [-0.1, -0.05) is 23.7 Å². The van der Waals surface area contributed by atoms with Crippen LogP contribution in [0.4, 0.5) is 0 Å². The highest BCUT2D eigenvalue weighted by Gasteiger charge is 2.10. The number of nitrogens with zero attached hydrogens (tertiary/aromatic N) is 3. The summed E-state index contributed by atoms with van der Waals surface area (Å²) in [6.07, 6.45) is 3.39. The maximum absolute atomic E-state index is 6.24. The van der Waals surface area contributed by atoms with Gasteiger partial charge in [0.2, 0.25) is 0 Å². The van der Waals surface area contributed by atoms with E-state index in [2.05, 4.69) is 10.1 Å². The number of para-hydroxylation sites is 2. The fourth-order valence-corrected chi connectivity index (χ4v) is 2.59. The Labute approximate surface area is 139 Å². The van der Waals surface area contributed by atoms with Crippen LogP contribution in [-0.2, 0) is 0 Å². The number of benzene rings is 2. The zero-order chi connectivity index (χ0) is 16.2. The lowest BCUT2D eigenvalue weighted by atomic mass is 10.2. The quantitative estimate of drug-likeness (QED) is 0.665. The van der Waals surface area contributed by atoms with E-state index in [0.29, 0.717) is 23.1 Å². The number of imidazole rings is 1. The van der Waals surface area contributed by atoms with Gasteiger partial charge in [0.15, 0.2) is 11.5 Å². The zero-order valence-electron chi connectivity index (χ0n) is 12.9. The molecule has 6 heteroatoms. The molecule has 0 aliphatic heterocycles. The van der Waals surface area contributed by atoms with E-state index >= 15 is 0 Å². The topological polar surface area (TPSA) is 48.6 Å². The summed E-state index contributed by atoms with van der Waals surface area (Å²) in [6, 6.07) is 11.4. The van der Waals surface area contributed by atoms with E-state index < -0.39 is 0 Å². The van der Waals surface area contributed by atoms with Gasteiger partial charge in [-0.2, -0.15) is 5.10 Å². The second-order valence-corrected chi connectivity index (χ2v) is 5.20. The molecule has 3 rings (SSSR count). The van der Waals surface area contributed by atoms with Crippen LogP contribution in [0.5, 0.6) is 11.5 Å². The monoisotopic (exact) mass is 329 g/mol. The molecule has 3 aromatic rings. The zero-order valence-corrected chi connectivity index (χ0v) is 13.6. The fourth-order valence-electron chi connectivity index (χ4n) is 2.29. The lowest BCUT2D eigenvalue weighted by Crippen LogP contribution is -1.98. The third-order valence-electron chi connectivity index (χ3n) is 3.30. The number of rotatable bonds is 5. The number of hydrogen-bond acceptors (Lipinski definition) is 4. The summed E-state index contributed by atoms with van der Waals surface area (Å²) in [5, 5.41) is 4.92. The molecule has 0 N–H and O–H groups in total. The van der Waals surface area contributed by atoms with E-state index in [-0.39, 0.29) is 0 Å². The third-order valence-corrected chi connectivity index (χ3v) is 3.58. The van der Waals surface area contributed by atoms with E-state index in [4.69, 9.17) is 21.1 Å². The molecule has 0 spiro atoms. The van der Waals surface area contributed by atoms with Gasteiger partial charge in [0.05, 0.1) is 36.0 Å². The van der Waals surface area contributed by atoms with Crippen LogP contribution in [0.1, 0.15) is 12.5 Å². The first-order valence-corrected chi connectivity index (χ1v) is 7.57. The summed E-state index contributed by atoms with van der Waals surface area (Å²) < 4.78 is 12.6. The highest BCUT2D eigenvalue weighted by atomic mass is 35.5. The minimum Gasteiger partial charge on any atom is -0.491 e. The molecule has 0 radical (unpaired) electrons. The standard InChI is InChI=1S/C17H16ClN3O2/c1-3-23-16-9-12(8-13(18)17(16)22-2)10-20-21-11-19-14-6-4-5-7-15(14)21/h4-11H,3H2,1-2H3/b20-10-. The van der Waals surface area contributed by atoms with Crippen molar-refractivity contribution in [2.45, 2.75) is 6.92 Å². The van der Waals surface area contributed by atoms with Crippen molar-refractivity contribution in [2.75, 3.05) is 13.7 Å². The van der Waals surface area contributed by atoms with E-state index in [0.717, 1.165) is 16.6 Å². The average molecular weight is 330 g/mol. The van der Waals surface area contributed by atoms with Crippen molar-refractivity contribution in [1.82, 2.24) is 9.66 Å². The first-order chi connectivity index (χ1) is 11.2. The van der Waals surface area contributed by atoms with Crippen LogP contribution in [-0.4, -0.2) is 29.6 Å². The van der Waals surface area contributed by atoms with Crippen LogP contribution >= 0.6 is 11.6 Å². The van der Waals surface area contributed by atoms with E-state index in [1.54, 1.807) is 30.4 Å². The molecular weight excluding hydrogens is 314 g/mol. The molecule has 5 nitrogen and oxygen atoms in total. The molecule has 0 fully saturated rings. The van der Waals surface area contributed by atoms with Crippen LogP contribution in [0, 0.1) is 0 Å². The molecule has 0 aliphatic rings. The maximum Gasteiger partial charge on any atom is 0.179 e. The molecule has 0 amide bonds. The highest BCUT2D eigenvalue weighted by molar-refractivity contribution is 6.32. The normalized spacial score (nSPS) is 11.3. The SMILES string of the molecule is CCOc1cc(/C=N\n2cnc3ccccc32)cc(Cl)c1OC. The number of ether oxygens (including phenoxy) is 2. The van der Waals surface area contributed by atoms with Gasteiger partial charge in [-0.15, -0.1) is 0 Å². The summed E-state index contributed by atoms with van der Waals surface area (Å²) in [5.41, 5.74) is 2.65. The number of aromatic nitrogens is 2. The predicted molar refractivity (Wildman–Crippen MR) is 91.9 cm³/mol. The summed E-state index contributed by atoms with van der Waals surface area (Å²) in [5.74, 6) is 1.12. The van der Waals surface area contributed by atoms with Gasteiger partial charge >= 0.3 is 0 Å². The largest absolute Gasteiger partial charge is 0.491 e. The van der Waals surface area contributed by atoms with Gasteiger partial charge in [0.1, 0.15) is 6.33 Å². The molecule has 0 bridgehead atoms. The van der Waals surface area contributed by atoms with Gasteiger partial charge in [-0.05, 0) is 36.8 Å². The summed E-state index contributed by atoms with van der Waals surface area (Å²) in [6.45, 7) is 2.44. The molecular formula is C17H16ClN3O2. The molecule has 1 aromatic heterocycles. The van der Waals surface area contributed by atoms with Crippen LogP contribution < -0.4 is 9.47 Å². The smallest absolute Gasteiger partial charge is 0.179 e. The van der Waals surface area contributed by atoms with Crippen molar-refractivity contribution in [1.29, 1.82) is 0 Å². The lowest BCUT2D eigenvalue weighted by Gasteiger charge is -2.11. The van der Waals surface area contributed by atoms with Crippen molar-refractivity contribution < 1.29 is 9.47 Å². The van der Waals surface area contributed by atoms with Crippen molar-refractivity contribution in [3.63, 3.8) is 0 Å². The van der Waals surface area contributed by atoms with Gasteiger partial charge in [-0.25, -0.2) is 9.66 Å². The Kier molecular flexibility index (Phi) is 4.48. The predicted octanol–water partition coefficient (Wildman–Crippen LogP) is 3.98. The van der Waals surface area contributed by atoms with Crippen molar-refractivity contribution in [3.05, 3.63) is 53.3 Å². The van der Waals surface area contributed by atoms with Gasteiger partial charge < -0.3 is 9.47 Å². The molecule has 0 atom stereocenters. The first-order valence-electron chi connectivity index (χ1n) is 7.19. The Morgan fingerprint density at radius 2 is 2.13 bits per heavy atom. The molecule has 2 aromatic carbocycles. The minimum absolute atomic E-state index is 0.482. The van der Waals surface area contributed by atoms with Crippen LogP contribution in [0.25, 0.3) is 11.0 Å². The summed E-state index contributed by atoms with van der Waals surface area (Å²) >= 11 is 6.24. The van der Waals surface area contributed by atoms with Crippen molar-refractivity contribution in [2.24, 2.45) is 5.10 Å². The van der Waals surface area contributed by atoms with E-state index in [9.17, 15) is 0 Å². The molecule has 0 aliphatic carbocycles. The van der Waals surface area contributed by atoms with Gasteiger partial charge in [0.25, 0.3) is 0 Å². The Morgan fingerprint density at radius 3 is 2.91 bits per heavy atom. The number of halogens is 1. The third kappa shape index (κ3) is 3.14. The minimum atomic E-state index is 0.482. The lowest BCUT2D eigenvalue weighted by molar-refractivity contribution is 0.311. The van der Waals surface area contributed by atoms with E-state index in [1.807, 2.05) is 37.3 Å². The molecule has 0 saturated heterocycles. The van der Waals surface area contributed by atoms with Crippen molar-refractivity contribution >= 4 is 28.8 Å². The van der Waals surface area contributed by atoms with E-state index in [1.165, 1.54) is 0 Å². The van der Waals surface area contributed by atoms with Crippen LogP contribution in [0.2, 0.25) is 5.02 Å². The van der Waals surface area contributed by atoms with Crippen LogP contribution in [0.15, 0.2) is 47.8 Å². The van der Waals surface area contributed by atoms with Crippen molar-refractivity contribution in [3.8, 4) is 11.5 Å². The Hall–Kier alpha value is -2.53. The van der Waals surface area contributed by atoms with Crippen LogP contribution in [0.3, 0.4) is 0 Å². The number of fused-ring (bicyclic) bond motifs is 1. The molecule has 0 unspecified atom stereocenters. The molecule has 0 saturated carbocycles. The second kappa shape index (κ2) is 6.71. The average Bonchev–Trinajstić information content (AvgIpc) is 2.96. The summed E-state index contributed by atoms with van der Waals surface area (Å²) in [7, 11) is 1.56. The summed E-state index contributed by atoms with van der Waals surface area (Å²) in [4.78, 5) is 4.30. The van der Waals surface area contributed by atoms with Gasteiger partial charge in [-0.3, -0.25) is 0 Å². The van der Waals surface area contributed by atoms with Gasteiger partial charge in [0, 0.05) is 0 Å². The molecule has 23 heavy (non-hydrogen) atoms. The Morgan fingerprint density at radius 1 is 1.30 bits per heavy atom. The molecule has 118 valence electrons. The first kappa shape index (κ1) is 15.4. The number of hydrogen-bond donors (Lipinski definition) is 0. The Bertz CT molecular complexity index is 858. The fraction of sp³-hybridized carbons (Fsp3) is 0.176. The second-order valence-electron chi connectivity index (χ2n) is 4.79. The molecule has 1 heterocycles. The maximum atomic E-state index is 6.24. The highest BCUT2D eigenvalue weighted by Crippen LogP contribution is 2.35. The Balaban J connectivity index is 1.96. The number of methoxy groups -OCH3 is 1.